The van der Waals surface area contributed by atoms with Crippen LogP contribution in [0.15, 0.2) is 0 Å². The minimum Gasteiger partial charge on any atom is -0.343 e. The fraction of sp³-hybridized carbons (Fsp3) is 0.455. The van der Waals surface area contributed by atoms with Gasteiger partial charge in [-0.2, -0.15) is 12.8 Å². The van der Waals surface area contributed by atoms with Crippen LogP contribution in [0.3, 0.4) is 0 Å². The second kappa shape index (κ2) is 20.9. The zero-order chi connectivity index (χ0) is 17.4. The van der Waals surface area contributed by atoms with Crippen molar-refractivity contribution in [2.75, 3.05) is 0 Å². The molecule has 23 heavy (non-hydrogen) atoms. The van der Waals surface area contributed by atoms with Gasteiger partial charge in [0.1, 0.15) is 0 Å². The summed E-state index contributed by atoms with van der Waals surface area (Å²) in [6, 6.07) is 0. The molecule has 10 radical (unpaired) electrons. The SMILES string of the molecule is C[C]1[CH][CH][C](C)[CH]1.C[C]1[CH][CH][C](C)[CH]1.[CH2-]CCC.[CH2-]CCC.[Zr+4]. The molecule has 0 aromatic carbocycles. The Hall–Kier alpha value is 0.883. The molecule has 1 heteroatoms. The monoisotopic (exact) mass is 390 g/mol. The molecule has 0 atom stereocenters. The van der Waals surface area contributed by atoms with Crippen molar-refractivity contribution in [3.05, 3.63) is 76.0 Å². The Balaban J connectivity index is -0.000000238. The first-order chi connectivity index (χ1) is 10.4. The van der Waals surface area contributed by atoms with Crippen molar-refractivity contribution in [2.45, 2.75) is 67.2 Å². The van der Waals surface area contributed by atoms with Crippen molar-refractivity contribution < 1.29 is 26.2 Å². The largest absolute Gasteiger partial charge is 4.00 e. The van der Waals surface area contributed by atoms with Gasteiger partial charge in [0.25, 0.3) is 0 Å². The maximum Gasteiger partial charge on any atom is 4.00 e. The first-order valence-electron chi connectivity index (χ1n) is 8.39. The molecule has 2 aliphatic rings. The van der Waals surface area contributed by atoms with E-state index in [1.807, 2.05) is 0 Å². The summed E-state index contributed by atoms with van der Waals surface area (Å²) in [5.41, 5.74) is 0. The second-order valence-electron chi connectivity index (χ2n) is 5.64. The van der Waals surface area contributed by atoms with Crippen molar-refractivity contribution in [2.24, 2.45) is 0 Å². The zero-order valence-electron chi connectivity index (χ0n) is 16.2. The number of hydrogen-bond donors (Lipinski definition) is 0. The van der Waals surface area contributed by atoms with Gasteiger partial charge >= 0.3 is 26.2 Å². The fourth-order valence-corrected chi connectivity index (χ4v) is 1.44. The Kier molecular flexibility index (Phi) is 26.1. The minimum absolute atomic E-state index is 0. The Morgan fingerprint density at radius 3 is 0.826 bits per heavy atom. The molecule has 0 heterocycles. The van der Waals surface area contributed by atoms with Crippen LogP contribution in [0.4, 0.5) is 0 Å². The molecule has 126 valence electrons. The zero-order valence-corrected chi connectivity index (χ0v) is 18.7. The molecule has 2 fully saturated rings. The van der Waals surface area contributed by atoms with Crippen molar-refractivity contribution in [1.82, 2.24) is 0 Å². The van der Waals surface area contributed by atoms with Crippen LogP contribution in [0.2, 0.25) is 0 Å². The number of rotatable bonds is 2. The summed E-state index contributed by atoms with van der Waals surface area (Å²) in [6.45, 7) is 19.9. The molecule has 0 spiro atoms. The molecule has 2 rings (SSSR count). The Morgan fingerprint density at radius 1 is 0.609 bits per heavy atom. The van der Waals surface area contributed by atoms with Gasteiger partial charge in [-0.25, -0.2) is 0 Å². The minimum atomic E-state index is 0. The third-order valence-corrected chi connectivity index (χ3v) is 2.84. The Labute approximate surface area is 169 Å². The molecule has 0 aromatic heterocycles. The van der Waals surface area contributed by atoms with Crippen LogP contribution in [0, 0.1) is 76.0 Å². The van der Waals surface area contributed by atoms with E-state index in [0.29, 0.717) is 0 Å². The van der Waals surface area contributed by atoms with E-state index in [9.17, 15) is 0 Å². The molecular formula is C22H36Zr+2. The predicted octanol–water partition coefficient (Wildman–Crippen LogP) is 6.84. The molecule has 0 N–H and O–H groups in total. The summed E-state index contributed by atoms with van der Waals surface area (Å²) >= 11 is 0. The third-order valence-electron chi connectivity index (χ3n) is 2.84. The van der Waals surface area contributed by atoms with Crippen LogP contribution in [-0.2, 0) is 26.2 Å². The van der Waals surface area contributed by atoms with Gasteiger partial charge in [-0.05, 0) is 62.2 Å². The van der Waals surface area contributed by atoms with Crippen molar-refractivity contribution in [3.63, 3.8) is 0 Å². The number of hydrogen-bond acceptors (Lipinski definition) is 0. The molecule has 0 amide bonds. The van der Waals surface area contributed by atoms with Gasteiger partial charge in [0.05, 0.1) is 0 Å². The van der Waals surface area contributed by atoms with Crippen LogP contribution in [0.1, 0.15) is 67.2 Å². The summed E-state index contributed by atoms with van der Waals surface area (Å²) in [6.07, 6.45) is 17.4. The van der Waals surface area contributed by atoms with Crippen molar-refractivity contribution in [3.8, 4) is 0 Å². The first-order valence-corrected chi connectivity index (χ1v) is 8.39. The van der Waals surface area contributed by atoms with Crippen molar-refractivity contribution in [1.29, 1.82) is 0 Å². The summed E-state index contributed by atoms with van der Waals surface area (Å²) in [5.74, 6) is 5.44. The summed E-state index contributed by atoms with van der Waals surface area (Å²) < 4.78 is 0. The van der Waals surface area contributed by atoms with E-state index in [0.717, 1.165) is 12.8 Å². The van der Waals surface area contributed by atoms with Crippen LogP contribution in [-0.4, -0.2) is 0 Å². The first kappa shape index (κ1) is 28.7. The molecule has 0 nitrogen and oxygen atoms in total. The normalized spacial score (nSPS) is 18.8. The van der Waals surface area contributed by atoms with E-state index >= 15 is 0 Å². The molecule has 2 aliphatic carbocycles. The summed E-state index contributed by atoms with van der Waals surface area (Å²) in [4.78, 5) is 0. The van der Waals surface area contributed by atoms with Gasteiger partial charge in [0.15, 0.2) is 0 Å². The van der Waals surface area contributed by atoms with Gasteiger partial charge in [-0.1, -0.05) is 54.4 Å². The molecule has 0 unspecified atom stereocenters. The van der Waals surface area contributed by atoms with E-state index in [4.69, 9.17) is 0 Å². The third kappa shape index (κ3) is 22.9. The topological polar surface area (TPSA) is 0 Å². The predicted molar refractivity (Wildman–Crippen MR) is 102 cm³/mol. The second-order valence-corrected chi connectivity index (χ2v) is 5.64. The average molecular weight is 392 g/mol. The summed E-state index contributed by atoms with van der Waals surface area (Å²) in [7, 11) is 0. The van der Waals surface area contributed by atoms with Crippen molar-refractivity contribution >= 4 is 0 Å². The van der Waals surface area contributed by atoms with Crippen LogP contribution in [0.5, 0.6) is 0 Å². The van der Waals surface area contributed by atoms with Crippen LogP contribution < -0.4 is 0 Å². The maximum atomic E-state index is 3.60. The van der Waals surface area contributed by atoms with Gasteiger partial charge < -0.3 is 13.8 Å². The van der Waals surface area contributed by atoms with Gasteiger partial charge in [0.2, 0.25) is 0 Å². The summed E-state index contributed by atoms with van der Waals surface area (Å²) in [5, 5.41) is 0. The van der Waals surface area contributed by atoms with E-state index in [1.165, 1.54) is 36.5 Å². The van der Waals surface area contributed by atoms with E-state index in [-0.39, 0.29) is 26.2 Å². The Morgan fingerprint density at radius 2 is 0.783 bits per heavy atom. The van der Waals surface area contributed by atoms with Crippen LogP contribution in [0.25, 0.3) is 0 Å². The Bertz CT molecular complexity index is 160. The standard InChI is InChI=1S/2C7H9.2C4H9.Zr/c2*1-6-3-4-7(2)5-6;2*1-3-4-2;/h2*3-5H,1-2H3;2*1,3-4H2,2H3;/q;;2*-1;+4. The van der Waals surface area contributed by atoms with Crippen LogP contribution >= 0.6 is 0 Å². The molecule has 0 aliphatic heterocycles. The van der Waals surface area contributed by atoms with Gasteiger partial charge in [-0.15, -0.1) is 0 Å². The maximum absolute atomic E-state index is 3.60. The van der Waals surface area contributed by atoms with E-state index in [1.54, 1.807) is 0 Å². The fourth-order valence-electron chi connectivity index (χ4n) is 1.44. The van der Waals surface area contributed by atoms with E-state index in [2.05, 4.69) is 93.9 Å². The molecule has 0 aromatic rings. The number of unbranched alkanes of at least 4 members (excludes halogenated alkanes) is 2. The molecule has 0 bridgehead atoms. The van der Waals surface area contributed by atoms with Gasteiger partial charge in [-0.3, -0.25) is 0 Å². The molecular weight excluding hydrogens is 355 g/mol. The molecule has 0 saturated heterocycles. The molecule has 2 saturated carbocycles. The average Bonchev–Trinajstić information content (AvgIpc) is 3.07. The quantitative estimate of drug-likeness (QED) is 0.452. The van der Waals surface area contributed by atoms with E-state index < -0.39 is 0 Å². The van der Waals surface area contributed by atoms with Gasteiger partial charge in [0, 0.05) is 0 Å². The smallest absolute Gasteiger partial charge is 0.343 e.